The van der Waals surface area contributed by atoms with Gasteiger partial charge < -0.3 is 19.7 Å². The van der Waals surface area contributed by atoms with Crippen LogP contribution in [0.4, 0.5) is 18.0 Å². The van der Waals surface area contributed by atoms with E-state index in [0.717, 1.165) is 57.1 Å². The van der Waals surface area contributed by atoms with E-state index in [1.54, 1.807) is 6.08 Å². The van der Waals surface area contributed by atoms with Crippen molar-refractivity contribution in [2.45, 2.75) is 84.2 Å². The molecule has 1 N–H and O–H groups in total. The SMILES string of the molecule is CCC[C@]1(C)[C@@H](NC(=O)Oc2ccc(OC(F)(F)F)cc2)CC[C@H]1[C@@H]1CC[C@H]2N(C)C(=O)C=C[C@]2(C)C1. The third-order valence-electron chi connectivity index (χ3n) is 9.02. The second-order valence-corrected chi connectivity index (χ2v) is 11.4. The van der Waals surface area contributed by atoms with Crippen LogP contribution in [-0.4, -0.2) is 42.4 Å². The van der Waals surface area contributed by atoms with Crippen LogP contribution in [0.25, 0.3) is 0 Å². The third-order valence-corrected chi connectivity index (χ3v) is 9.02. The molecule has 2 amide bonds. The van der Waals surface area contributed by atoms with Gasteiger partial charge in [-0.2, -0.15) is 0 Å². The molecule has 0 unspecified atom stereocenters. The first-order valence-corrected chi connectivity index (χ1v) is 13.1. The number of rotatable bonds is 6. The number of nitrogens with zero attached hydrogens (tertiary/aromatic N) is 1. The Morgan fingerprint density at radius 2 is 1.78 bits per heavy atom. The summed E-state index contributed by atoms with van der Waals surface area (Å²) in [6, 6.07) is 4.95. The van der Waals surface area contributed by atoms with E-state index in [4.69, 9.17) is 4.74 Å². The number of nitrogens with one attached hydrogen (secondary N) is 1. The van der Waals surface area contributed by atoms with Gasteiger partial charge in [-0.05, 0) is 86.1 Å². The molecule has 204 valence electrons. The molecule has 4 rings (SSSR count). The number of halogens is 3. The molecule has 2 aliphatic carbocycles. The van der Waals surface area contributed by atoms with E-state index in [9.17, 15) is 22.8 Å². The van der Waals surface area contributed by atoms with Crippen LogP contribution in [0.2, 0.25) is 0 Å². The highest BCUT2D eigenvalue weighted by Gasteiger charge is 2.53. The molecule has 1 aromatic rings. The number of benzene rings is 1. The number of likely N-dealkylation sites (N-methyl/N-ethyl adjacent to an activating group) is 1. The molecule has 0 spiro atoms. The second kappa shape index (κ2) is 10.2. The van der Waals surface area contributed by atoms with Crippen molar-refractivity contribution < 1.29 is 32.2 Å². The maximum Gasteiger partial charge on any atom is 0.573 e. The van der Waals surface area contributed by atoms with E-state index in [1.165, 1.54) is 12.1 Å². The first-order valence-electron chi connectivity index (χ1n) is 13.1. The first kappa shape index (κ1) is 27.3. The lowest BCUT2D eigenvalue weighted by Crippen LogP contribution is -2.54. The molecule has 6 atom stereocenters. The summed E-state index contributed by atoms with van der Waals surface area (Å²) in [5.74, 6) is 0.774. The van der Waals surface area contributed by atoms with Crippen LogP contribution in [0.15, 0.2) is 36.4 Å². The number of amides is 2. The highest BCUT2D eigenvalue weighted by Crippen LogP contribution is 2.56. The number of hydrogen-bond donors (Lipinski definition) is 1. The summed E-state index contributed by atoms with van der Waals surface area (Å²) < 4.78 is 46.4. The molecule has 2 fully saturated rings. The zero-order valence-electron chi connectivity index (χ0n) is 21.9. The maximum absolute atomic E-state index is 12.8. The minimum Gasteiger partial charge on any atom is -0.410 e. The van der Waals surface area contributed by atoms with Crippen molar-refractivity contribution in [3.63, 3.8) is 0 Å². The average Bonchev–Trinajstić information content (AvgIpc) is 3.12. The summed E-state index contributed by atoms with van der Waals surface area (Å²) in [6.45, 7) is 6.68. The van der Waals surface area contributed by atoms with E-state index < -0.39 is 12.5 Å². The van der Waals surface area contributed by atoms with Crippen molar-refractivity contribution in [1.82, 2.24) is 10.2 Å². The Hall–Kier alpha value is -2.71. The van der Waals surface area contributed by atoms with Gasteiger partial charge in [0.05, 0.1) is 0 Å². The molecule has 37 heavy (non-hydrogen) atoms. The lowest BCUT2D eigenvalue weighted by molar-refractivity contribution is -0.274. The van der Waals surface area contributed by atoms with Gasteiger partial charge in [0.1, 0.15) is 11.5 Å². The van der Waals surface area contributed by atoms with Crippen molar-refractivity contribution in [3.8, 4) is 11.5 Å². The minimum atomic E-state index is -4.78. The molecule has 2 saturated carbocycles. The number of carbonyl (C=O) groups excluding carboxylic acids is 2. The van der Waals surface area contributed by atoms with Gasteiger partial charge in [-0.25, -0.2) is 4.79 Å². The lowest BCUT2D eigenvalue weighted by atomic mass is 9.58. The molecule has 0 saturated heterocycles. The number of ether oxygens (including phenoxy) is 2. The molecule has 6 nitrogen and oxygen atoms in total. The van der Waals surface area contributed by atoms with Gasteiger partial charge in [0.25, 0.3) is 0 Å². The molecular formula is C28H37F3N2O4. The monoisotopic (exact) mass is 522 g/mol. The molecule has 1 heterocycles. The number of alkyl halides is 3. The van der Waals surface area contributed by atoms with Crippen molar-refractivity contribution in [2.24, 2.45) is 22.7 Å². The molecule has 0 aromatic heterocycles. The third kappa shape index (κ3) is 5.75. The van der Waals surface area contributed by atoms with Crippen molar-refractivity contribution in [2.75, 3.05) is 7.05 Å². The summed E-state index contributed by atoms with van der Waals surface area (Å²) in [5, 5.41) is 3.06. The Bertz CT molecular complexity index is 1030. The van der Waals surface area contributed by atoms with Crippen molar-refractivity contribution in [3.05, 3.63) is 36.4 Å². The van der Waals surface area contributed by atoms with E-state index in [1.807, 2.05) is 11.9 Å². The van der Waals surface area contributed by atoms with Crippen LogP contribution in [0.5, 0.6) is 11.5 Å². The average molecular weight is 523 g/mol. The summed E-state index contributed by atoms with van der Waals surface area (Å²) in [5.41, 5.74) is -0.155. The quantitative estimate of drug-likeness (QED) is 0.466. The largest absolute Gasteiger partial charge is 0.573 e. The summed E-state index contributed by atoms with van der Waals surface area (Å²) in [4.78, 5) is 26.9. The number of hydrogen-bond acceptors (Lipinski definition) is 4. The fraction of sp³-hybridized carbons (Fsp3) is 0.643. The van der Waals surface area contributed by atoms with E-state index in [2.05, 4.69) is 36.9 Å². The van der Waals surface area contributed by atoms with Crippen LogP contribution in [0.3, 0.4) is 0 Å². The van der Waals surface area contributed by atoms with Gasteiger partial charge >= 0.3 is 12.5 Å². The standard InChI is InChI=1S/C28H37F3N2O4/c1-5-15-27(3)21(18-6-13-23-26(2,17-18)16-14-24(34)33(23)4)11-12-22(27)32-25(35)36-19-7-9-20(10-8-19)37-28(29,30)31/h7-10,14,16,18,21-23H,5-6,11-13,15,17H2,1-4H3,(H,32,35)/t18-,21+,22+,23-,26-,27+/m1/s1. The first-order chi connectivity index (χ1) is 17.3. The summed E-state index contributed by atoms with van der Waals surface area (Å²) in [7, 11) is 1.90. The normalized spacial score (nSPS) is 33.7. The molecule has 1 aliphatic heterocycles. The van der Waals surface area contributed by atoms with Crippen LogP contribution in [0.1, 0.15) is 65.7 Å². The van der Waals surface area contributed by atoms with Crippen LogP contribution >= 0.6 is 0 Å². The Kier molecular flexibility index (Phi) is 7.55. The second-order valence-electron chi connectivity index (χ2n) is 11.4. The van der Waals surface area contributed by atoms with Crippen molar-refractivity contribution >= 4 is 12.0 Å². The minimum absolute atomic E-state index is 0.0505. The lowest BCUT2D eigenvalue weighted by Gasteiger charge is -2.52. The van der Waals surface area contributed by atoms with Crippen LogP contribution < -0.4 is 14.8 Å². The highest BCUT2D eigenvalue weighted by molar-refractivity contribution is 5.89. The number of fused-ring (bicyclic) bond motifs is 1. The topological polar surface area (TPSA) is 67.9 Å². The van der Waals surface area contributed by atoms with E-state index in [0.29, 0.717) is 11.8 Å². The highest BCUT2D eigenvalue weighted by atomic mass is 19.4. The Balaban J connectivity index is 1.42. The van der Waals surface area contributed by atoms with Gasteiger partial charge in [-0.1, -0.05) is 33.3 Å². The van der Waals surface area contributed by atoms with Gasteiger partial charge in [0.15, 0.2) is 0 Å². The zero-order chi connectivity index (χ0) is 27.0. The van der Waals surface area contributed by atoms with Gasteiger partial charge in [0.2, 0.25) is 5.91 Å². The summed E-state index contributed by atoms with van der Waals surface area (Å²) >= 11 is 0. The van der Waals surface area contributed by atoms with Crippen LogP contribution in [0, 0.1) is 22.7 Å². The Morgan fingerprint density at radius 1 is 1.11 bits per heavy atom. The molecule has 1 aromatic carbocycles. The number of carbonyl (C=O) groups is 2. The van der Waals surface area contributed by atoms with Crippen LogP contribution in [-0.2, 0) is 4.79 Å². The predicted molar refractivity (Wildman–Crippen MR) is 133 cm³/mol. The summed E-state index contributed by atoms with van der Waals surface area (Å²) in [6.07, 6.45) is 5.29. The Labute approximate surface area is 216 Å². The van der Waals surface area contributed by atoms with E-state index in [-0.39, 0.29) is 40.3 Å². The molecule has 0 radical (unpaired) electrons. The molecule has 3 aliphatic rings. The van der Waals surface area contributed by atoms with Gasteiger partial charge in [-0.15, -0.1) is 13.2 Å². The fourth-order valence-electron chi connectivity index (χ4n) is 7.36. The van der Waals surface area contributed by atoms with E-state index >= 15 is 0 Å². The Morgan fingerprint density at radius 3 is 2.43 bits per heavy atom. The molecular weight excluding hydrogens is 485 g/mol. The van der Waals surface area contributed by atoms with Gasteiger partial charge in [0, 0.05) is 24.5 Å². The molecule has 9 heteroatoms. The smallest absolute Gasteiger partial charge is 0.410 e. The fourth-order valence-corrected chi connectivity index (χ4v) is 7.36. The zero-order valence-corrected chi connectivity index (χ0v) is 21.9. The molecule has 0 bridgehead atoms. The van der Waals surface area contributed by atoms with Gasteiger partial charge in [-0.3, -0.25) is 4.79 Å². The van der Waals surface area contributed by atoms with Crippen molar-refractivity contribution in [1.29, 1.82) is 0 Å². The maximum atomic E-state index is 12.8. The predicted octanol–water partition coefficient (Wildman–Crippen LogP) is 6.46.